The van der Waals surface area contributed by atoms with Crippen molar-refractivity contribution in [2.45, 2.75) is 59.0 Å². The molecule has 3 fully saturated rings. The van der Waals surface area contributed by atoms with Crippen LogP contribution in [0.25, 0.3) is 0 Å². The number of halogens is 2. The largest absolute Gasteiger partial charge is 0.296 e. The van der Waals surface area contributed by atoms with Crippen molar-refractivity contribution in [1.82, 2.24) is 0 Å². The Morgan fingerprint density at radius 1 is 1.21 bits per heavy atom. The van der Waals surface area contributed by atoms with Crippen LogP contribution >= 0.6 is 0 Å². The van der Waals surface area contributed by atoms with Crippen LogP contribution in [0.5, 0.6) is 0 Å². The third-order valence-electron chi connectivity index (χ3n) is 9.27. The molecule has 7 atom stereocenters. The Hall–Kier alpha value is -1.65. The van der Waals surface area contributed by atoms with Gasteiger partial charge in [-0.15, -0.1) is 0 Å². The lowest BCUT2D eigenvalue weighted by Gasteiger charge is -2.60. The van der Waals surface area contributed by atoms with Gasteiger partial charge >= 0.3 is 0 Å². The molecule has 5 heteroatoms. The highest BCUT2D eigenvalue weighted by Gasteiger charge is 2.74. The van der Waals surface area contributed by atoms with Gasteiger partial charge in [0.15, 0.2) is 23.0 Å². The number of carbonyl (C=O) groups excluding carboxylic acids is 3. The van der Waals surface area contributed by atoms with Crippen molar-refractivity contribution in [2.75, 3.05) is 6.67 Å². The zero-order valence-corrected chi connectivity index (χ0v) is 17.0. The topological polar surface area (TPSA) is 51.2 Å². The predicted molar refractivity (Wildman–Crippen MR) is 101 cm³/mol. The van der Waals surface area contributed by atoms with Crippen LogP contribution in [0.1, 0.15) is 53.4 Å². The normalized spacial score (nSPS) is 49.9. The van der Waals surface area contributed by atoms with Crippen LogP contribution in [0.15, 0.2) is 23.8 Å². The average Bonchev–Trinajstić information content (AvgIpc) is 2.84. The Balaban J connectivity index is 1.85. The summed E-state index contributed by atoms with van der Waals surface area (Å²) in [5.41, 5.74) is -4.27. The molecule has 0 aromatic rings. The Labute approximate surface area is 164 Å². The summed E-state index contributed by atoms with van der Waals surface area (Å²) in [6.45, 7) is 6.25. The zero-order valence-electron chi connectivity index (χ0n) is 17.0. The number of Topliss-reactive ketones (excluding diaryl/α,β-unsaturated/α-hetero) is 2. The molecule has 0 aromatic carbocycles. The molecular weight excluding hydrogens is 362 g/mol. The summed E-state index contributed by atoms with van der Waals surface area (Å²) in [6.07, 6.45) is 5.99. The lowest BCUT2D eigenvalue weighted by atomic mass is 9.44. The van der Waals surface area contributed by atoms with Gasteiger partial charge in [0.1, 0.15) is 6.67 Å². The summed E-state index contributed by atoms with van der Waals surface area (Å²) >= 11 is 0. The van der Waals surface area contributed by atoms with E-state index >= 15 is 4.39 Å². The molecule has 3 saturated carbocycles. The van der Waals surface area contributed by atoms with Gasteiger partial charge in [0.2, 0.25) is 0 Å². The van der Waals surface area contributed by atoms with Gasteiger partial charge in [0.25, 0.3) is 0 Å². The first-order chi connectivity index (χ1) is 13.0. The minimum Gasteiger partial charge on any atom is -0.296 e. The molecule has 0 spiro atoms. The number of alkyl halides is 2. The first kappa shape index (κ1) is 19.7. The maximum atomic E-state index is 16.8. The monoisotopic (exact) mass is 390 g/mol. The highest BCUT2D eigenvalue weighted by atomic mass is 19.1. The third-order valence-corrected chi connectivity index (χ3v) is 9.27. The van der Waals surface area contributed by atoms with Gasteiger partial charge in [-0.1, -0.05) is 32.4 Å². The van der Waals surface area contributed by atoms with E-state index in [-0.39, 0.29) is 24.0 Å². The van der Waals surface area contributed by atoms with Gasteiger partial charge in [-0.25, -0.2) is 8.78 Å². The van der Waals surface area contributed by atoms with E-state index in [9.17, 15) is 18.8 Å². The summed E-state index contributed by atoms with van der Waals surface area (Å²) in [5.74, 6) is -1.97. The Morgan fingerprint density at radius 2 is 1.89 bits per heavy atom. The number of rotatable bonds is 2. The summed E-state index contributed by atoms with van der Waals surface area (Å²) in [6, 6.07) is 0. The van der Waals surface area contributed by atoms with E-state index in [0.717, 1.165) is 0 Å². The van der Waals surface area contributed by atoms with Crippen molar-refractivity contribution in [3.63, 3.8) is 0 Å². The molecule has 0 saturated heterocycles. The number of hydrogen-bond acceptors (Lipinski definition) is 3. The van der Waals surface area contributed by atoms with E-state index in [1.54, 1.807) is 19.9 Å². The van der Waals surface area contributed by atoms with E-state index in [0.29, 0.717) is 24.8 Å². The van der Waals surface area contributed by atoms with Gasteiger partial charge < -0.3 is 0 Å². The second kappa shape index (κ2) is 5.70. The molecular formula is C23H28F2O3. The van der Waals surface area contributed by atoms with E-state index in [4.69, 9.17) is 0 Å². The average molecular weight is 390 g/mol. The van der Waals surface area contributed by atoms with Crippen LogP contribution in [0.3, 0.4) is 0 Å². The van der Waals surface area contributed by atoms with E-state index in [1.807, 2.05) is 13.8 Å². The highest BCUT2D eigenvalue weighted by molar-refractivity contribution is 6.02. The second-order valence-electron chi connectivity index (χ2n) is 9.98. The fourth-order valence-electron chi connectivity index (χ4n) is 7.22. The molecule has 0 radical (unpaired) electrons. The summed E-state index contributed by atoms with van der Waals surface area (Å²) in [7, 11) is 0. The highest BCUT2D eigenvalue weighted by Crippen LogP contribution is 2.72. The molecule has 4 rings (SSSR count). The smallest absolute Gasteiger partial charge is 0.184 e. The second-order valence-corrected chi connectivity index (χ2v) is 9.98. The molecule has 28 heavy (non-hydrogen) atoms. The fourth-order valence-corrected chi connectivity index (χ4v) is 7.22. The Morgan fingerprint density at radius 3 is 2.54 bits per heavy atom. The van der Waals surface area contributed by atoms with Crippen LogP contribution < -0.4 is 0 Å². The van der Waals surface area contributed by atoms with Crippen molar-refractivity contribution in [3.05, 3.63) is 23.8 Å². The summed E-state index contributed by atoms with van der Waals surface area (Å²) in [5, 5.41) is 0. The quantitative estimate of drug-likeness (QED) is 0.704. The molecule has 3 nitrogen and oxygen atoms in total. The van der Waals surface area contributed by atoms with Crippen molar-refractivity contribution < 1.29 is 23.2 Å². The summed E-state index contributed by atoms with van der Waals surface area (Å²) in [4.78, 5) is 37.9. The molecule has 4 aliphatic rings. The van der Waals surface area contributed by atoms with Crippen LogP contribution in [0.4, 0.5) is 8.78 Å². The molecule has 0 amide bonds. The molecule has 4 aliphatic carbocycles. The van der Waals surface area contributed by atoms with E-state index in [2.05, 4.69) is 0 Å². The minimum absolute atomic E-state index is 0.0676. The standard InChI is InChI=1S/C23H28F2O3/c1-13-9-17-16-6-5-14-10-15(26)7-8-20(14,2)23(16,25)18(27)11-21(17,3)22(13,4)19(28)12-24/h7-8,10,13,16-17H,5-6,9,11-12H2,1-4H3/t13-,16+,17+,20+,21+,22-,23+/m1/s1. The first-order valence-electron chi connectivity index (χ1n) is 10.2. The van der Waals surface area contributed by atoms with Crippen molar-refractivity contribution in [1.29, 1.82) is 0 Å². The molecule has 152 valence electrons. The number of allylic oxidation sites excluding steroid dienone is 4. The first-order valence-corrected chi connectivity index (χ1v) is 10.2. The lowest BCUT2D eigenvalue weighted by Crippen LogP contribution is -2.66. The number of ketones is 3. The van der Waals surface area contributed by atoms with Gasteiger partial charge in [-0.2, -0.15) is 0 Å². The molecule has 0 heterocycles. The van der Waals surface area contributed by atoms with Crippen LogP contribution in [0, 0.1) is 34.0 Å². The predicted octanol–water partition coefficient (Wildman–Crippen LogP) is 4.36. The maximum Gasteiger partial charge on any atom is 0.184 e. The van der Waals surface area contributed by atoms with E-state index < -0.39 is 46.1 Å². The van der Waals surface area contributed by atoms with Crippen molar-refractivity contribution in [2.24, 2.45) is 34.0 Å². The lowest BCUT2D eigenvalue weighted by molar-refractivity contribution is -0.173. The fraction of sp³-hybridized carbons (Fsp3) is 0.696. The zero-order chi connectivity index (χ0) is 20.7. The van der Waals surface area contributed by atoms with Gasteiger partial charge in [0.05, 0.1) is 0 Å². The van der Waals surface area contributed by atoms with Gasteiger partial charge in [-0.05, 0) is 55.6 Å². The van der Waals surface area contributed by atoms with Crippen molar-refractivity contribution in [3.8, 4) is 0 Å². The van der Waals surface area contributed by atoms with Crippen LogP contribution in [-0.2, 0) is 14.4 Å². The SMILES string of the molecule is C[C@@H]1C[C@H]2[C@@H]3CCC4=CC(=O)C=C[C@]4(C)[C@@]3(F)C(=O)C[C@]2(C)[C@@]1(C)C(=O)CF. The summed E-state index contributed by atoms with van der Waals surface area (Å²) < 4.78 is 30.3. The number of carbonyl (C=O) groups is 3. The molecule has 0 N–H and O–H groups in total. The van der Waals surface area contributed by atoms with Crippen molar-refractivity contribution >= 4 is 17.3 Å². The van der Waals surface area contributed by atoms with Gasteiger partial charge in [0, 0.05) is 23.2 Å². The molecule has 0 aliphatic heterocycles. The molecule has 0 bridgehead atoms. The minimum atomic E-state index is -2.10. The Bertz CT molecular complexity index is 845. The number of hydrogen-bond donors (Lipinski definition) is 0. The van der Waals surface area contributed by atoms with Gasteiger partial charge in [-0.3, -0.25) is 14.4 Å². The third kappa shape index (κ3) is 1.96. The maximum absolute atomic E-state index is 16.8. The van der Waals surface area contributed by atoms with Crippen LogP contribution in [-0.4, -0.2) is 29.7 Å². The molecule has 0 aromatic heterocycles. The number of fused-ring (bicyclic) bond motifs is 5. The molecule has 0 unspecified atom stereocenters. The van der Waals surface area contributed by atoms with Crippen LogP contribution in [0.2, 0.25) is 0 Å². The Kier molecular flexibility index (Phi) is 4.00. The van der Waals surface area contributed by atoms with E-state index in [1.165, 1.54) is 12.2 Å².